The van der Waals surface area contributed by atoms with E-state index in [1.807, 2.05) is 29.2 Å². The number of aryl methyl sites for hydroxylation is 2. The maximum absolute atomic E-state index is 13.5. The first-order chi connectivity index (χ1) is 16.6. The molecule has 34 heavy (non-hydrogen) atoms. The van der Waals surface area contributed by atoms with E-state index < -0.39 is 0 Å². The molecule has 0 spiro atoms. The Morgan fingerprint density at radius 3 is 2.56 bits per heavy atom. The van der Waals surface area contributed by atoms with Crippen molar-refractivity contribution in [2.24, 2.45) is 0 Å². The van der Waals surface area contributed by atoms with E-state index in [1.54, 1.807) is 41.2 Å². The summed E-state index contributed by atoms with van der Waals surface area (Å²) in [6.45, 7) is 2.73. The first kappa shape index (κ1) is 21.2. The van der Waals surface area contributed by atoms with E-state index in [0.717, 1.165) is 60.4 Å². The molecule has 0 atom stereocenters. The molecule has 4 heterocycles. The van der Waals surface area contributed by atoms with Crippen molar-refractivity contribution >= 4 is 38.8 Å². The number of hydrogen-bond acceptors (Lipinski definition) is 6. The van der Waals surface area contributed by atoms with Crippen LogP contribution in [0.2, 0.25) is 0 Å². The number of methoxy groups -OCH3 is 1. The van der Waals surface area contributed by atoms with Gasteiger partial charge in [0.05, 0.1) is 18.1 Å². The van der Waals surface area contributed by atoms with Crippen molar-refractivity contribution in [1.29, 1.82) is 0 Å². The van der Waals surface area contributed by atoms with Gasteiger partial charge in [0.15, 0.2) is 5.65 Å². The predicted molar refractivity (Wildman–Crippen MR) is 135 cm³/mol. The zero-order valence-corrected chi connectivity index (χ0v) is 19.9. The minimum absolute atomic E-state index is 0.0571. The average Bonchev–Trinajstić information content (AvgIpc) is 3.27. The van der Waals surface area contributed by atoms with Gasteiger partial charge in [0.2, 0.25) is 0 Å². The summed E-state index contributed by atoms with van der Waals surface area (Å²) < 4.78 is 6.81. The molecule has 0 saturated carbocycles. The Bertz CT molecular complexity index is 1450. The molecule has 174 valence electrons. The molecule has 0 bridgehead atoms. The fourth-order valence-corrected chi connectivity index (χ4v) is 6.40. The number of nitrogens with zero attached hydrogens (tertiary/aromatic N) is 4. The number of anilines is 1. The molecule has 1 aliphatic carbocycles. The Hall–Kier alpha value is -3.39. The van der Waals surface area contributed by atoms with Gasteiger partial charge in [0, 0.05) is 42.9 Å². The Morgan fingerprint density at radius 1 is 1.03 bits per heavy atom. The van der Waals surface area contributed by atoms with Crippen molar-refractivity contribution in [3.63, 3.8) is 0 Å². The average molecular weight is 475 g/mol. The van der Waals surface area contributed by atoms with Crippen LogP contribution in [0, 0.1) is 0 Å². The van der Waals surface area contributed by atoms with Crippen molar-refractivity contribution in [2.75, 3.05) is 38.2 Å². The number of pyridine rings is 1. The van der Waals surface area contributed by atoms with Crippen LogP contribution in [0.25, 0.3) is 15.9 Å². The van der Waals surface area contributed by atoms with E-state index in [4.69, 9.17) is 9.72 Å². The molecule has 4 aromatic rings. The minimum Gasteiger partial charge on any atom is -0.497 e. The summed E-state index contributed by atoms with van der Waals surface area (Å²) in [5.41, 5.74) is 3.19. The summed E-state index contributed by atoms with van der Waals surface area (Å²) in [6.07, 6.45) is 5.96. The number of rotatable bonds is 3. The van der Waals surface area contributed by atoms with Gasteiger partial charge in [-0.1, -0.05) is 0 Å². The van der Waals surface area contributed by atoms with Crippen LogP contribution in [0.4, 0.5) is 5.69 Å². The largest absolute Gasteiger partial charge is 0.497 e. The molecule has 1 amide bonds. The molecule has 6 rings (SSSR count). The maximum Gasteiger partial charge on any atom is 0.266 e. The molecule has 1 aliphatic heterocycles. The van der Waals surface area contributed by atoms with Gasteiger partial charge in [0.25, 0.3) is 11.5 Å². The van der Waals surface area contributed by atoms with Gasteiger partial charge in [0.1, 0.15) is 10.6 Å². The van der Waals surface area contributed by atoms with Gasteiger partial charge >= 0.3 is 0 Å². The second-order valence-corrected chi connectivity index (χ2v) is 9.98. The molecule has 3 aromatic heterocycles. The zero-order chi connectivity index (χ0) is 23.2. The Kier molecular flexibility index (Phi) is 5.25. The van der Waals surface area contributed by atoms with Crippen molar-refractivity contribution in [3.05, 3.63) is 69.0 Å². The van der Waals surface area contributed by atoms with Gasteiger partial charge in [-0.05, 0) is 67.6 Å². The number of carbonyl (C=O) groups excluding carboxylic acids is 1. The molecular weight excluding hydrogens is 448 g/mol. The summed E-state index contributed by atoms with van der Waals surface area (Å²) in [6, 6.07) is 11.6. The summed E-state index contributed by atoms with van der Waals surface area (Å²) in [5, 5.41) is 0.745. The summed E-state index contributed by atoms with van der Waals surface area (Å²) in [7, 11) is 1.66. The lowest BCUT2D eigenvalue weighted by Gasteiger charge is -2.36. The molecule has 7 nitrogen and oxygen atoms in total. The highest BCUT2D eigenvalue weighted by molar-refractivity contribution is 7.18. The zero-order valence-electron chi connectivity index (χ0n) is 19.1. The molecule has 1 aromatic carbocycles. The summed E-state index contributed by atoms with van der Waals surface area (Å²) in [4.78, 5) is 38.0. The van der Waals surface area contributed by atoms with E-state index in [-0.39, 0.29) is 11.5 Å². The lowest BCUT2D eigenvalue weighted by Crippen LogP contribution is -2.49. The van der Waals surface area contributed by atoms with Crippen LogP contribution in [0.5, 0.6) is 5.75 Å². The predicted octanol–water partition coefficient (Wildman–Crippen LogP) is 3.76. The lowest BCUT2D eigenvalue weighted by atomic mass is 9.97. The van der Waals surface area contributed by atoms with Gasteiger partial charge in [-0.3, -0.25) is 14.0 Å². The van der Waals surface area contributed by atoms with E-state index in [2.05, 4.69) is 4.90 Å². The van der Waals surface area contributed by atoms with Crippen molar-refractivity contribution in [3.8, 4) is 5.75 Å². The molecule has 0 unspecified atom stereocenters. The normalized spacial score (nSPS) is 16.1. The quantitative estimate of drug-likeness (QED) is 0.452. The number of amides is 1. The van der Waals surface area contributed by atoms with E-state index >= 15 is 0 Å². The third kappa shape index (κ3) is 3.44. The van der Waals surface area contributed by atoms with Crippen LogP contribution in [0.15, 0.2) is 47.4 Å². The third-order valence-electron chi connectivity index (χ3n) is 6.99. The van der Waals surface area contributed by atoms with Crippen LogP contribution in [0.1, 0.15) is 33.6 Å². The van der Waals surface area contributed by atoms with Crippen LogP contribution >= 0.6 is 11.3 Å². The van der Waals surface area contributed by atoms with Gasteiger partial charge in [-0.15, -0.1) is 11.3 Å². The van der Waals surface area contributed by atoms with Crippen molar-refractivity contribution in [1.82, 2.24) is 14.3 Å². The number of thiophene rings is 1. The molecule has 8 heteroatoms. The SMILES string of the molecule is COc1ccc(N2CCN(C(=O)c3cccn4c(=O)c5c6c(sc5nc34)CCCC6)CC2)cc1. The van der Waals surface area contributed by atoms with Gasteiger partial charge < -0.3 is 14.5 Å². The fraction of sp³-hybridized carbons (Fsp3) is 0.346. The number of piperazine rings is 1. The molecule has 1 fully saturated rings. The first-order valence-corrected chi connectivity index (χ1v) is 12.6. The topological polar surface area (TPSA) is 67.2 Å². The smallest absolute Gasteiger partial charge is 0.266 e. The van der Waals surface area contributed by atoms with E-state index in [9.17, 15) is 9.59 Å². The summed E-state index contributed by atoms with van der Waals surface area (Å²) in [5.74, 6) is 0.761. The number of ether oxygens (including phenoxy) is 1. The highest BCUT2D eigenvalue weighted by Crippen LogP contribution is 2.34. The number of hydrogen-bond donors (Lipinski definition) is 0. The molecule has 1 saturated heterocycles. The van der Waals surface area contributed by atoms with Crippen LogP contribution in [-0.2, 0) is 12.8 Å². The van der Waals surface area contributed by atoms with Gasteiger partial charge in [-0.2, -0.15) is 0 Å². The van der Waals surface area contributed by atoms with E-state index in [0.29, 0.717) is 24.3 Å². The molecule has 0 radical (unpaired) electrons. The van der Waals surface area contributed by atoms with E-state index in [1.165, 1.54) is 10.4 Å². The van der Waals surface area contributed by atoms with Gasteiger partial charge in [-0.25, -0.2) is 4.98 Å². The Morgan fingerprint density at radius 2 is 1.79 bits per heavy atom. The Labute approximate surface area is 201 Å². The number of fused-ring (bicyclic) bond motifs is 4. The minimum atomic E-state index is -0.0694. The highest BCUT2D eigenvalue weighted by Gasteiger charge is 2.26. The second kappa shape index (κ2) is 8.43. The van der Waals surface area contributed by atoms with Crippen LogP contribution in [0.3, 0.4) is 0 Å². The molecule has 2 aliphatic rings. The standard InChI is InChI=1S/C26H26N4O3S/c1-33-18-10-8-17(9-11-18)28-13-15-29(16-14-28)25(31)20-6-4-12-30-23(20)27-24-22(26(30)32)19-5-2-3-7-21(19)34-24/h4,6,8-12H,2-3,5,7,13-16H2,1H3. The molecule has 0 N–H and O–H groups in total. The maximum atomic E-state index is 13.5. The number of benzene rings is 1. The highest BCUT2D eigenvalue weighted by atomic mass is 32.1. The number of carbonyl (C=O) groups is 1. The lowest BCUT2D eigenvalue weighted by molar-refractivity contribution is 0.0748. The van der Waals surface area contributed by atoms with Crippen LogP contribution in [-0.4, -0.2) is 53.5 Å². The van der Waals surface area contributed by atoms with Crippen molar-refractivity contribution in [2.45, 2.75) is 25.7 Å². The second-order valence-electron chi connectivity index (χ2n) is 8.90. The van der Waals surface area contributed by atoms with Crippen LogP contribution < -0.4 is 15.2 Å². The summed E-state index contributed by atoms with van der Waals surface area (Å²) >= 11 is 1.62. The number of aromatic nitrogens is 2. The Balaban J connectivity index is 1.29. The molecular formula is C26H26N4O3S. The first-order valence-electron chi connectivity index (χ1n) is 11.8. The van der Waals surface area contributed by atoms with Crippen molar-refractivity contribution < 1.29 is 9.53 Å². The monoisotopic (exact) mass is 474 g/mol. The fourth-order valence-electron chi connectivity index (χ4n) is 5.14. The third-order valence-corrected chi connectivity index (χ3v) is 8.18.